The van der Waals surface area contributed by atoms with Gasteiger partial charge in [0.15, 0.2) is 6.61 Å². The standard InChI is InChI=1S/C23H31N3O3S/c27-23(26-9-3-4-10-26)18-29-21-7-2-1-6-19(21)16-24-17-20(22-8-5-15-30-22)25-11-13-28-14-12-25/h1-2,5-8,15,20,24H,3-4,9-14,16-18H2/t20-/m1/s1. The third kappa shape index (κ3) is 5.60. The Morgan fingerprint density at radius 3 is 2.67 bits per heavy atom. The summed E-state index contributed by atoms with van der Waals surface area (Å²) in [6.07, 6.45) is 2.20. The van der Waals surface area contributed by atoms with Crippen molar-refractivity contribution in [2.24, 2.45) is 0 Å². The molecule has 6 nitrogen and oxygen atoms in total. The SMILES string of the molecule is O=C(COc1ccccc1CNC[C@H](c1cccs1)N1CCOCC1)N1CCCC1. The molecule has 0 saturated carbocycles. The van der Waals surface area contributed by atoms with E-state index in [0.29, 0.717) is 12.6 Å². The van der Waals surface area contributed by atoms with Crippen LogP contribution in [0.25, 0.3) is 0 Å². The third-order valence-electron chi connectivity index (χ3n) is 5.79. The highest BCUT2D eigenvalue weighted by molar-refractivity contribution is 7.10. The average Bonchev–Trinajstić information content (AvgIpc) is 3.51. The molecule has 0 aliphatic carbocycles. The van der Waals surface area contributed by atoms with E-state index < -0.39 is 0 Å². The Hall–Kier alpha value is -1.93. The number of hydrogen-bond donors (Lipinski definition) is 1. The number of rotatable bonds is 9. The molecule has 2 fully saturated rings. The van der Waals surface area contributed by atoms with E-state index in [2.05, 4.69) is 33.8 Å². The number of thiophene rings is 1. The lowest BCUT2D eigenvalue weighted by molar-refractivity contribution is -0.132. The fraction of sp³-hybridized carbons (Fsp3) is 0.522. The predicted molar refractivity (Wildman–Crippen MR) is 119 cm³/mol. The highest BCUT2D eigenvalue weighted by Gasteiger charge is 2.23. The minimum atomic E-state index is 0.0836. The van der Waals surface area contributed by atoms with Crippen molar-refractivity contribution in [3.05, 3.63) is 52.2 Å². The van der Waals surface area contributed by atoms with Crippen LogP contribution in [0.1, 0.15) is 29.3 Å². The normalized spacial score (nSPS) is 18.5. The second kappa shape index (κ2) is 10.9. The quantitative estimate of drug-likeness (QED) is 0.664. The molecular formula is C23H31N3O3S. The van der Waals surface area contributed by atoms with E-state index in [0.717, 1.165) is 70.1 Å². The second-order valence-electron chi connectivity index (χ2n) is 7.79. The smallest absolute Gasteiger partial charge is 0.260 e. The molecule has 0 unspecified atom stereocenters. The van der Waals surface area contributed by atoms with Crippen molar-refractivity contribution in [3.63, 3.8) is 0 Å². The van der Waals surface area contributed by atoms with E-state index in [1.165, 1.54) is 4.88 Å². The minimum Gasteiger partial charge on any atom is -0.483 e. The van der Waals surface area contributed by atoms with Gasteiger partial charge in [0.1, 0.15) is 5.75 Å². The van der Waals surface area contributed by atoms with Gasteiger partial charge in [-0.25, -0.2) is 0 Å². The van der Waals surface area contributed by atoms with Gasteiger partial charge in [0.2, 0.25) is 0 Å². The molecule has 2 saturated heterocycles. The van der Waals surface area contributed by atoms with Crippen LogP contribution in [0.5, 0.6) is 5.75 Å². The molecule has 1 aromatic heterocycles. The molecule has 2 aliphatic heterocycles. The van der Waals surface area contributed by atoms with Gasteiger partial charge in [-0.3, -0.25) is 9.69 Å². The maximum absolute atomic E-state index is 12.3. The molecule has 1 amide bonds. The zero-order valence-corrected chi connectivity index (χ0v) is 18.2. The number of nitrogens with zero attached hydrogens (tertiary/aromatic N) is 2. The lowest BCUT2D eigenvalue weighted by atomic mass is 10.1. The molecule has 0 spiro atoms. The van der Waals surface area contributed by atoms with Crippen LogP contribution in [0.3, 0.4) is 0 Å². The number of morpholine rings is 1. The fourth-order valence-electron chi connectivity index (χ4n) is 4.11. The van der Waals surface area contributed by atoms with Gasteiger partial charge in [0.25, 0.3) is 5.91 Å². The molecule has 0 radical (unpaired) electrons. The Bertz CT molecular complexity index is 787. The summed E-state index contributed by atoms with van der Waals surface area (Å²) in [7, 11) is 0. The van der Waals surface area contributed by atoms with Crippen LogP contribution >= 0.6 is 11.3 Å². The Morgan fingerprint density at radius 2 is 1.90 bits per heavy atom. The molecule has 0 bridgehead atoms. The number of carbonyl (C=O) groups is 1. The van der Waals surface area contributed by atoms with Gasteiger partial charge in [0, 0.05) is 49.7 Å². The average molecular weight is 430 g/mol. The second-order valence-corrected chi connectivity index (χ2v) is 8.77. The third-order valence-corrected chi connectivity index (χ3v) is 6.77. The maximum Gasteiger partial charge on any atom is 0.260 e. The molecule has 1 aromatic carbocycles. The summed E-state index contributed by atoms with van der Waals surface area (Å²) in [6, 6.07) is 12.7. The fourth-order valence-corrected chi connectivity index (χ4v) is 4.97. The number of likely N-dealkylation sites (tertiary alicyclic amines) is 1. The van der Waals surface area contributed by atoms with E-state index in [9.17, 15) is 4.79 Å². The van der Waals surface area contributed by atoms with Gasteiger partial charge in [-0.15, -0.1) is 11.3 Å². The highest BCUT2D eigenvalue weighted by atomic mass is 32.1. The van der Waals surface area contributed by atoms with E-state index in [1.54, 1.807) is 0 Å². The number of nitrogens with one attached hydrogen (secondary N) is 1. The first-order chi connectivity index (χ1) is 14.8. The van der Waals surface area contributed by atoms with E-state index in [1.807, 2.05) is 34.4 Å². The summed E-state index contributed by atoms with van der Waals surface area (Å²) >= 11 is 1.81. The number of carbonyl (C=O) groups excluding carboxylic acids is 1. The monoisotopic (exact) mass is 429 g/mol. The van der Waals surface area contributed by atoms with Gasteiger partial charge >= 0.3 is 0 Å². The van der Waals surface area contributed by atoms with Crippen LogP contribution in [-0.2, 0) is 16.1 Å². The molecule has 1 N–H and O–H groups in total. The van der Waals surface area contributed by atoms with Crippen molar-refractivity contribution in [2.45, 2.75) is 25.4 Å². The number of amides is 1. The summed E-state index contributed by atoms with van der Waals surface area (Å²) in [5, 5.41) is 5.76. The number of para-hydroxylation sites is 1. The molecule has 4 rings (SSSR count). The van der Waals surface area contributed by atoms with Crippen LogP contribution < -0.4 is 10.1 Å². The predicted octanol–water partition coefficient (Wildman–Crippen LogP) is 2.91. The summed E-state index contributed by atoms with van der Waals surface area (Å²) in [5.41, 5.74) is 1.08. The van der Waals surface area contributed by atoms with Crippen molar-refractivity contribution < 1.29 is 14.3 Å². The summed E-state index contributed by atoms with van der Waals surface area (Å²) in [6.45, 7) is 6.91. The van der Waals surface area contributed by atoms with E-state index in [-0.39, 0.29) is 12.5 Å². The van der Waals surface area contributed by atoms with Crippen LogP contribution in [0.2, 0.25) is 0 Å². The number of benzene rings is 1. The van der Waals surface area contributed by atoms with Gasteiger partial charge in [-0.1, -0.05) is 24.3 Å². The molecule has 7 heteroatoms. The Labute approximate surface area is 182 Å². The summed E-state index contributed by atoms with van der Waals surface area (Å²) in [4.78, 5) is 18.1. The molecule has 3 heterocycles. The Morgan fingerprint density at radius 1 is 1.10 bits per heavy atom. The molecular weight excluding hydrogens is 398 g/mol. The largest absolute Gasteiger partial charge is 0.483 e. The molecule has 2 aliphatic rings. The first kappa shape index (κ1) is 21.3. The lowest BCUT2D eigenvalue weighted by Crippen LogP contribution is -2.42. The Balaban J connectivity index is 1.33. The van der Waals surface area contributed by atoms with Gasteiger partial charge in [-0.2, -0.15) is 0 Å². The zero-order valence-electron chi connectivity index (χ0n) is 17.4. The number of ether oxygens (including phenoxy) is 2. The topological polar surface area (TPSA) is 54.0 Å². The molecule has 30 heavy (non-hydrogen) atoms. The van der Waals surface area contributed by atoms with Gasteiger partial charge in [0.05, 0.1) is 19.3 Å². The van der Waals surface area contributed by atoms with E-state index >= 15 is 0 Å². The Kier molecular flexibility index (Phi) is 7.75. The number of hydrogen-bond acceptors (Lipinski definition) is 6. The summed E-state index contributed by atoms with van der Waals surface area (Å²) in [5.74, 6) is 0.872. The van der Waals surface area contributed by atoms with Crippen molar-refractivity contribution in [2.75, 3.05) is 52.5 Å². The van der Waals surface area contributed by atoms with Crippen LogP contribution in [0.15, 0.2) is 41.8 Å². The van der Waals surface area contributed by atoms with E-state index in [4.69, 9.17) is 9.47 Å². The first-order valence-corrected chi connectivity index (χ1v) is 11.7. The minimum absolute atomic E-state index is 0.0836. The van der Waals surface area contributed by atoms with Crippen molar-refractivity contribution in [3.8, 4) is 5.75 Å². The van der Waals surface area contributed by atoms with Crippen LogP contribution in [0.4, 0.5) is 0 Å². The first-order valence-electron chi connectivity index (χ1n) is 10.9. The van der Waals surface area contributed by atoms with Crippen LogP contribution in [-0.4, -0.2) is 68.3 Å². The molecule has 162 valence electrons. The summed E-state index contributed by atoms with van der Waals surface area (Å²) < 4.78 is 11.4. The highest BCUT2D eigenvalue weighted by Crippen LogP contribution is 2.26. The van der Waals surface area contributed by atoms with Crippen molar-refractivity contribution in [1.82, 2.24) is 15.1 Å². The van der Waals surface area contributed by atoms with Crippen LogP contribution in [0, 0.1) is 0 Å². The molecule has 2 aromatic rings. The van der Waals surface area contributed by atoms with Gasteiger partial charge in [-0.05, 0) is 30.4 Å². The zero-order chi connectivity index (χ0) is 20.6. The van der Waals surface area contributed by atoms with Crippen molar-refractivity contribution in [1.29, 1.82) is 0 Å². The van der Waals surface area contributed by atoms with Gasteiger partial charge < -0.3 is 19.7 Å². The van der Waals surface area contributed by atoms with Crippen molar-refractivity contribution >= 4 is 17.2 Å². The molecule has 1 atom stereocenters. The lowest BCUT2D eigenvalue weighted by Gasteiger charge is -2.34. The maximum atomic E-state index is 12.3.